The smallest absolute Gasteiger partial charge is 0.268 e. The largest absolute Gasteiger partial charge is 0.279 e. The molecule has 0 fully saturated rings. The molecule has 130 valence electrons. The van der Waals surface area contributed by atoms with Gasteiger partial charge in [-0.2, -0.15) is 5.10 Å². The van der Waals surface area contributed by atoms with E-state index in [1.165, 1.54) is 39.8 Å². The Balaban J connectivity index is 1.80. The number of aromatic nitrogens is 5. The van der Waals surface area contributed by atoms with Crippen molar-refractivity contribution in [2.75, 3.05) is 0 Å². The molecule has 0 aliphatic rings. The number of thioether (sulfide) groups is 1. The molecule has 0 saturated heterocycles. The molecule has 0 aliphatic carbocycles. The van der Waals surface area contributed by atoms with Gasteiger partial charge in [-0.3, -0.25) is 9.59 Å². The highest BCUT2D eigenvalue weighted by Gasteiger charge is 2.16. The highest BCUT2D eigenvalue weighted by Crippen LogP contribution is 2.25. The maximum absolute atomic E-state index is 12.9. The Morgan fingerprint density at radius 1 is 1.15 bits per heavy atom. The Kier molecular flexibility index (Phi) is 4.58. The van der Waals surface area contributed by atoms with Gasteiger partial charge in [0.25, 0.3) is 11.1 Å². The van der Waals surface area contributed by atoms with Crippen molar-refractivity contribution in [3.63, 3.8) is 0 Å². The fourth-order valence-corrected chi connectivity index (χ4v) is 4.01. The average Bonchev–Trinajstić information content (AvgIpc) is 3.11. The molecule has 0 bridgehead atoms. The van der Waals surface area contributed by atoms with Gasteiger partial charge in [-0.15, -0.1) is 11.3 Å². The first kappa shape index (κ1) is 17.0. The van der Waals surface area contributed by atoms with Crippen LogP contribution in [0.1, 0.15) is 5.56 Å². The van der Waals surface area contributed by atoms with Gasteiger partial charge in [-0.25, -0.2) is 19.6 Å². The van der Waals surface area contributed by atoms with Gasteiger partial charge in [0.1, 0.15) is 4.70 Å². The van der Waals surface area contributed by atoms with Gasteiger partial charge < -0.3 is 0 Å². The Hall–Kier alpha value is -2.49. The van der Waals surface area contributed by atoms with Crippen LogP contribution in [0.2, 0.25) is 5.02 Å². The molecule has 1 aromatic carbocycles. The van der Waals surface area contributed by atoms with Gasteiger partial charge in [0.05, 0.1) is 5.51 Å². The first-order valence-corrected chi connectivity index (χ1v) is 9.66. The zero-order valence-electron chi connectivity index (χ0n) is 13.0. The minimum atomic E-state index is -0.344. The van der Waals surface area contributed by atoms with Gasteiger partial charge in [-0.05, 0) is 23.8 Å². The second-order valence-corrected chi connectivity index (χ2v) is 7.47. The molecule has 1 N–H and O–H groups in total. The van der Waals surface area contributed by atoms with Crippen molar-refractivity contribution in [2.24, 2.45) is 0 Å². The van der Waals surface area contributed by atoms with Gasteiger partial charge in [-0.1, -0.05) is 35.5 Å². The van der Waals surface area contributed by atoms with E-state index < -0.39 is 0 Å². The van der Waals surface area contributed by atoms with Gasteiger partial charge >= 0.3 is 0 Å². The molecule has 3 aromatic heterocycles. The van der Waals surface area contributed by atoms with Crippen molar-refractivity contribution < 1.29 is 0 Å². The molecule has 4 rings (SSSR count). The summed E-state index contributed by atoms with van der Waals surface area (Å²) in [7, 11) is 0. The zero-order valence-corrected chi connectivity index (χ0v) is 15.4. The molecule has 0 radical (unpaired) electrons. The van der Waals surface area contributed by atoms with Crippen molar-refractivity contribution in [1.29, 1.82) is 0 Å². The third-order valence-electron chi connectivity index (χ3n) is 3.51. The lowest BCUT2D eigenvalue weighted by Gasteiger charge is -2.10. The Morgan fingerprint density at radius 3 is 2.69 bits per heavy atom. The molecule has 0 amide bonds. The highest BCUT2D eigenvalue weighted by molar-refractivity contribution is 7.98. The average molecular weight is 404 g/mol. The summed E-state index contributed by atoms with van der Waals surface area (Å²) >= 11 is 8.51. The van der Waals surface area contributed by atoms with Gasteiger partial charge in [0, 0.05) is 16.8 Å². The van der Waals surface area contributed by atoms with E-state index >= 15 is 0 Å². The van der Waals surface area contributed by atoms with Crippen LogP contribution in [0.3, 0.4) is 0 Å². The van der Waals surface area contributed by atoms with Crippen LogP contribution in [0.15, 0.2) is 56.7 Å². The Bertz CT molecular complexity index is 1180. The fraction of sp³-hybridized carbons (Fsp3) is 0.0625. The Labute approximate surface area is 159 Å². The monoisotopic (exact) mass is 403 g/mol. The van der Waals surface area contributed by atoms with Crippen LogP contribution in [0, 0.1) is 0 Å². The third-order valence-corrected chi connectivity index (χ3v) is 5.58. The summed E-state index contributed by atoms with van der Waals surface area (Å²) in [6.45, 7) is 0. The maximum Gasteiger partial charge on any atom is 0.279 e. The molecule has 0 aliphatic heterocycles. The molecule has 10 heteroatoms. The predicted molar refractivity (Wildman–Crippen MR) is 102 cm³/mol. The summed E-state index contributed by atoms with van der Waals surface area (Å²) in [5.41, 5.74) is 2.41. The number of hydrogen-bond donors (Lipinski definition) is 1. The number of halogens is 1. The van der Waals surface area contributed by atoms with Gasteiger partial charge in [0.2, 0.25) is 0 Å². The number of nitrogens with zero attached hydrogens (tertiary/aromatic N) is 4. The number of nitrogens with one attached hydrogen (secondary N) is 1. The van der Waals surface area contributed by atoms with E-state index in [0.717, 1.165) is 5.56 Å². The fourth-order valence-electron chi connectivity index (χ4n) is 2.28. The summed E-state index contributed by atoms with van der Waals surface area (Å²) in [5, 5.41) is 7.42. The SMILES string of the molecule is O=c1ccc(-n2c(SCc3ccc(Cl)cc3)nc3ncsc3c2=O)n[nH]1. The van der Waals surface area contributed by atoms with Crippen LogP contribution in [-0.4, -0.2) is 24.7 Å². The van der Waals surface area contributed by atoms with E-state index in [2.05, 4.69) is 20.2 Å². The predicted octanol–water partition coefficient (Wildman–Crippen LogP) is 2.87. The molecular formula is C16H10ClN5O2S2. The summed E-state index contributed by atoms with van der Waals surface area (Å²) in [4.78, 5) is 32.8. The standard InChI is InChI=1S/C16H10ClN5O2S2/c17-10-3-1-9(2-4-10)7-25-16-19-14-13(26-8-18-14)15(24)22(16)11-5-6-12(23)21-20-11/h1-6,8H,7H2,(H,21,23). The molecule has 4 aromatic rings. The van der Waals surface area contributed by atoms with E-state index in [1.807, 2.05) is 24.3 Å². The van der Waals surface area contributed by atoms with Gasteiger partial charge in [0.15, 0.2) is 16.6 Å². The van der Waals surface area contributed by atoms with Crippen LogP contribution in [0.4, 0.5) is 0 Å². The maximum atomic E-state index is 12.9. The van der Waals surface area contributed by atoms with Crippen LogP contribution < -0.4 is 11.1 Å². The molecule has 7 nitrogen and oxygen atoms in total. The third kappa shape index (κ3) is 3.28. The first-order chi connectivity index (χ1) is 12.6. The highest BCUT2D eigenvalue weighted by atomic mass is 35.5. The molecule has 0 saturated carbocycles. The molecule has 0 atom stereocenters. The van der Waals surface area contributed by atoms with Crippen molar-refractivity contribution in [1.82, 2.24) is 24.7 Å². The van der Waals surface area contributed by atoms with E-state index in [0.29, 0.717) is 32.1 Å². The number of aromatic amines is 1. The van der Waals surface area contributed by atoms with E-state index in [4.69, 9.17) is 11.6 Å². The Morgan fingerprint density at radius 2 is 1.96 bits per heavy atom. The van der Waals surface area contributed by atoms with Crippen LogP contribution in [-0.2, 0) is 5.75 Å². The summed E-state index contributed by atoms with van der Waals surface area (Å²) in [6, 6.07) is 10.3. The number of H-pyrrole nitrogens is 1. The van der Waals surface area contributed by atoms with Crippen molar-refractivity contribution in [3.8, 4) is 5.82 Å². The van der Waals surface area contributed by atoms with E-state index in [9.17, 15) is 9.59 Å². The summed E-state index contributed by atoms with van der Waals surface area (Å²) in [6.07, 6.45) is 0. The lowest BCUT2D eigenvalue weighted by atomic mass is 10.2. The number of hydrogen-bond acceptors (Lipinski definition) is 7. The lowest BCUT2D eigenvalue weighted by Crippen LogP contribution is -2.23. The number of rotatable bonds is 4. The molecule has 0 spiro atoms. The molecule has 0 unspecified atom stereocenters. The second kappa shape index (κ2) is 7.02. The summed E-state index contributed by atoms with van der Waals surface area (Å²) in [5.74, 6) is 0.888. The normalized spacial score (nSPS) is 11.1. The van der Waals surface area contributed by atoms with Crippen molar-refractivity contribution in [3.05, 3.63) is 73.2 Å². The number of thiazole rings is 1. The molecule has 3 heterocycles. The quantitative estimate of drug-likeness (QED) is 0.416. The topological polar surface area (TPSA) is 93.5 Å². The van der Waals surface area contributed by atoms with Crippen LogP contribution >= 0.6 is 34.7 Å². The minimum Gasteiger partial charge on any atom is -0.268 e. The summed E-state index contributed by atoms with van der Waals surface area (Å²) < 4.78 is 1.82. The van der Waals surface area contributed by atoms with E-state index in [-0.39, 0.29) is 11.1 Å². The molecular weight excluding hydrogens is 394 g/mol. The zero-order chi connectivity index (χ0) is 18.1. The molecule has 26 heavy (non-hydrogen) atoms. The number of fused-ring (bicyclic) bond motifs is 1. The minimum absolute atomic E-state index is 0.268. The van der Waals surface area contributed by atoms with Crippen LogP contribution in [0.5, 0.6) is 0 Å². The number of benzene rings is 1. The van der Waals surface area contributed by atoms with Crippen LogP contribution in [0.25, 0.3) is 16.2 Å². The lowest BCUT2D eigenvalue weighted by molar-refractivity contribution is 0.768. The van der Waals surface area contributed by atoms with Crippen molar-refractivity contribution in [2.45, 2.75) is 10.9 Å². The second-order valence-electron chi connectivity index (χ2n) is 5.23. The van der Waals surface area contributed by atoms with Crippen molar-refractivity contribution >= 4 is 45.0 Å². The van der Waals surface area contributed by atoms with E-state index in [1.54, 1.807) is 5.51 Å². The first-order valence-electron chi connectivity index (χ1n) is 7.41.